The Morgan fingerprint density at radius 3 is 2.77 bits per heavy atom. The molecule has 5 heteroatoms. The fraction of sp³-hybridized carbons (Fsp3) is 0.588. The van der Waals surface area contributed by atoms with Gasteiger partial charge in [-0.2, -0.15) is 0 Å². The third kappa shape index (κ3) is 4.45. The van der Waals surface area contributed by atoms with E-state index >= 15 is 0 Å². The summed E-state index contributed by atoms with van der Waals surface area (Å²) in [5, 5.41) is 0. The fourth-order valence-electron chi connectivity index (χ4n) is 3.00. The molecule has 1 aliphatic rings. The number of likely N-dealkylation sites (tertiary alicyclic amines) is 1. The van der Waals surface area contributed by atoms with Crippen molar-refractivity contribution in [3.63, 3.8) is 0 Å². The van der Waals surface area contributed by atoms with Gasteiger partial charge in [-0.05, 0) is 25.8 Å². The van der Waals surface area contributed by atoms with Gasteiger partial charge in [0.25, 0.3) is 0 Å². The first-order valence-corrected chi connectivity index (χ1v) is 8.03. The first-order chi connectivity index (χ1) is 10.6. The highest BCUT2D eigenvalue weighted by atomic mass is 16.6. The van der Waals surface area contributed by atoms with Crippen molar-refractivity contribution in [2.75, 3.05) is 26.2 Å². The Hall–Kier alpha value is -1.59. The highest BCUT2D eigenvalue weighted by molar-refractivity contribution is 5.68. The predicted octanol–water partition coefficient (Wildman–Crippen LogP) is 2.07. The predicted molar refractivity (Wildman–Crippen MR) is 87.5 cm³/mol. The van der Waals surface area contributed by atoms with Gasteiger partial charge in [0.1, 0.15) is 6.61 Å². The lowest BCUT2D eigenvalue weighted by Crippen LogP contribution is -2.45. The van der Waals surface area contributed by atoms with E-state index in [1.807, 2.05) is 30.3 Å². The number of ether oxygens (including phenoxy) is 1. The SMILES string of the molecule is CC(C)N(CCN)[C@H]1CCN(C(=O)OCc2ccccc2)C1. The molecule has 0 saturated carbocycles. The minimum atomic E-state index is -0.220. The molecular weight excluding hydrogens is 278 g/mol. The molecule has 1 amide bonds. The fourth-order valence-corrected chi connectivity index (χ4v) is 3.00. The number of hydrogen-bond donors (Lipinski definition) is 1. The highest BCUT2D eigenvalue weighted by Gasteiger charge is 2.31. The largest absolute Gasteiger partial charge is 0.445 e. The molecule has 0 radical (unpaired) electrons. The molecule has 0 bridgehead atoms. The molecule has 1 aromatic carbocycles. The average molecular weight is 305 g/mol. The summed E-state index contributed by atoms with van der Waals surface area (Å²) in [6, 6.07) is 10.6. The summed E-state index contributed by atoms with van der Waals surface area (Å²) in [5.41, 5.74) is 6.71. The van der Waals surface area contributed by atoms with Gasteiger partial charge in [-0.1, -0.05) is 30.3 Å². The minimum Gasteiger partial charge on any atom is -0.445 e. The van der Waals surface area contributed by atoms with Crippen molar-refractivity contribution in [1.82, 2.24) is 9.80 Å². The zero-order valence-corrected chi connectivity index (χ0v) is 13.6. The van der Waals surface area contributed by atoms with Gasteiger partial charge in [-0.15, -0.1) is 0 Å². The molecule has 0 unspecified atom stereocenters. The molecule has 122 valence electrons. The number of hydrogen-bond acceptors (Lipinski definition) is 4. The summed E-state index contributed by atoms with van der Waals surface area (Å²) in [5.74, 6) is 0. The van der Waals surface area contributed by atoms with Crippen LogP contribution in [0.15, 0.2) is 30.3 Å². The molecule has 1 heterocycles. The number of carbonyl (C=O) groups is 1. The Bertz CT molecular complexity index is 464. The second-order valence-electron chi connectivity index (χ2n) is 6.05. The van der Waals surface area contributed by atoms with Crippen LogP contribution in [-0.4, -0.2) is 54.2 Å². The Balaban J connectivity index is 1.82. The van der Waals surface area contributed by atoms with E-state index in [4.69, 9.17) is 10.5 Å². The molecule has 1 fully saturated rings. The summed E-state index contributed by atoms with van der Waals surface area (Å²) in [6.07, 6.45) is 0.765. The van der Waals surface area contributed by atoms with Crippen LogP contribution in [0.2, 0.25) is 0 Å². The molecule has 5 nitrogen and oxygen atoms in total. The molecule has 2 rings (SSSR count). The van der Waals surface area contributed by atoms with Gasteiger partial charge in [-0.25, -0.2) is 4.79 Å². The molecule has 1 atom stereocenters. The van der Waals surface area contributed by atoms with E-state index in [9.17, 15) is 4.79 Å². The van der Waals surface area contributed by atoms with E-state index in [1.54, 1.807) is 4.90 Å². The van der Waals surface area contributed by atoms with Gasteiger partial charge in [0.05, 0.1) is 0 Å². The van der Waals surface area contributed by atoms with Gasteiger partial charge in [0.15, 0.2) is 0 Å². The monoisotopic (exact) mass is 305 g/mol. The number of carbonyl (C=O) groups excluding carboxylic acids is 1. The third-order valence-electron chi connectivity index (χ3n) is 4.15. The number of nitrogens with two attached hydrogens (primary N) is 1. The second kappa shape index (κ2) is 8.15. The summed E-state index contributed by atoms with van der Waals surface area (Å²) in [6.45, 7) is 7.68. The van der Waals surface area contributed by atoms with Gasteiger partial charge < -0.3 is 15.4 Å². The maximum absolute atomic E-state index is 12.2. The van der Waals surface area contributed by atoms with Crippen molar-refractivity contribution in [3.8, 4) is 0 Å². The molecule has 1 aromatic rings. The molecular formula is C17H27N3O2. The second-order valence-corrected chi connectivity index (χ2v) is 6.05. The maximum atomic E-state index is 12.2. The van der Waals surface area contributed by atoms with E-state index in [1.165, 1.54) is 0 Å². The molecule has 0 aliphatic carbocycles. The van der Waals surface area contributed by atoms with Crippen molar-refractivity contribution in [1.29, 1.82) is 0 Å². The van der Waals surface area contributed by atoms with E-state index in [0.29, 0.717) is 25.2 Å². The lowest BCUT2D eigenvalue weighted by atomic mass is 10.1. The van der Waals surface area contributed by atoms with Crippen LogP contribution in [-0.2, 0) is 11.3 Å². The van der Waals surface area contributed by atoms with E-state index in [2.05, 4.69) is 18.7 Å². The summed E-state index contributed by atoms with van der Waals surface area (Å²) in [7, 11) is 0. The summed E-state index contributed by atoms with van der Waals surface area (Å²) < 4.78 is 5.40. The lowest BCUT2D eigenvalue weighted by molar-refractivity contribution is 0.0976. The van der Waals surface area contributed by atoms with Gasteiger partial charge in [-0.3, -0.25) is 4.90 Å². The topological polar surface area (TPSA) is 58.8 Å². The first-order valence-electron chi connectivity index (χ1n) is 8.03. The number of benzene rings is 1. The normalized spacial score (nSPS) is 18.2. The molecule has 1 aliphatic heterocycles. The minimum absolute atomic E-state index is 0.220. The Morgan fingerprint density at radius 2 is 2.14 bits per heavy atom. The number of nitrogens with zero attached hydrogens (tertiary/aromatic N) is 2. The molecule has 22 heavy (non-hydrogen) atoms. The summed E-state index contributed by atoms with van der Waals surface area (Å²) >= 11 is 0. The van der Waals surface area contributed by atoms with Crippen LogP contribution in [0.1, 0.15) is 25.8 Å². The van der Waals surface area contributed by atoms with Crippen LogP contribution in [0.25, 0.3) is 0 Å². The van der Waals surface area contributed by atoms with Crippen molar-refractivity contribution in [2.45, 2.75) is 39.0 Å². The Kier molecular flexibility index (Phi) is 6.21. The standard InChI is InChI=1S/C17H27N3O2/c1-14(2)20(11-9-18)16-8-10-19(12-16)17(21)22-13-15-6-4-3-5-7-15/h3-7,14,16H,8-13,18H2,1-2H3/t16-/m0/s1. The highest BCUT2D eigenvalue weighted by Crippen LogP contribution is 2.18. The zero-order chi connectivity index (χ0) is 15.9. The van der Waals surface area contributed by atoms with Crippen LogP contribution in [0.4, 0.5) is 4.79 Å². The zero-order valence-electron chi connectivity index (χ0n) is 13.6. The van der Waals surface area contributed by atoms with Crippen molar-refractivity contribution in [2.24, 2.45) is 5.73 Å². The maximum Gasteiger partial charge on any atom is 0.410 e. The average Bonchev–Trinajstić information content (AvgIpc) is 3.00. The smallest absolute Gasteiger partial charge is 0.410 e. The van der Waals surface area contributed by atoms with Crippen LogP contribution in [0, 0.1) is 0 Å². The number of rotatable bonds is 6. The van der Waals surface area contributed by atoms with Crippen molar-refractivity contribution in [3.05, 3.63) is 35.9 Å². The van der Waals surface area contributed by atoms with Crippen LogP contribution < -0.4 is 5.73 Å². The van der Waals surface area contributed by atoms with Crippen LogP contribution in [0.3, 0.4) is 0 Å². The number of amides is 1. The molecule has 0 aromatic heterocycles. The quantitative estimate of drug-likeness (QED) is 0.874. The van der Waals surface area contributed by atoms with Crippen molar-refractivity contribution < 1.29 is 9.53 Å². The third-order valence-corrected chi connectivity index (χ3v) is 4.15. The van der Waals surface area contributed by atoms with Gasteiger partial charge >= 0.3 is 6.09 Å². The van der Waals surface area contributed by atoms with E-state index in [0.717, 1.165) is 31.6 Å². The Labute approximate surface area is 133 Å². The molecule has 1 saturated heterocycles. The summed E-state index contributed by atoms with van der Waals surface area (Å²) in [4.78, 5) is 16.4. The molecule has 0 spiro atoms. The van der Waals surface area contributed by atoms with Crippen LogP contribution in [0.5, 0.6) is 0 Å². The van der Waals surface area contributed by atoms with E-state index in [-0.39, 0.29) is 6.09 Å². The Morgan fingerprint density at radius 1 is 1.41 bits per heavy atom. The van der Waals surface area contributed by atoms with Gasteiger partial charge in [0, 0.05) is 38.3 Å². The van der Waals surface area contributed by atoms with Gasteiger partial charge in [0.2, 0.25) is 0 Å². The van der Waals surface area contributed by atoms with Crippen LogP contribution >= 0.6 is 0 Å². The lowest BCUT2D eigenvalue weighted by Gasteiger charge is -2.32. The molecule has 2 N–H and O–H groups in total. The first kappa shape index (κ1) is 16.8. The van der Waals surface area contributed by atoms with Crippen molar-refractivity contribution >= 4 is 6.09 Å². The van der Waals surface area contributed by atoms with E-state index < -0.39 is 0 Å².